The van der Waals surface area contributed by atoms with Crippen LogP contribution in [0.25, 0.3) is 0 Å². The van der Waals surface area contributed by atoms with E-state index in [1.54, 1.807) is 7.11 Å². The molecule has 0 heterocycles. The molecular formula is C18H31NO. The maximum Gasteiger partial charge on any atom is 0.0587 e. The third-order valence-corrected chi connectivity index (χ3v) is 3.83. The van der Waals surface area contributed by atoms with E-state index in [2.05, 4.69) is 37.4 Å². The Bertz CT molecular complexity index is 362. The van der Waals surface area contributed by atoms with Gasteiger partial charge in [-0.05, 0) is 55.3 Å². The zero-order chi connectivity index (χ0) is 14.6. The molecule has 114 valence electrons. The number of unbranched alkanes of at least 4 members (excludes halogenated alkanes) is 2. The van der Waals surface area contributed by atoms with Crippen LogP contribution in [-0.4, -0.2) is 26.8 Å². The molecule has 0 fully saturated rings. The van der Waals surface area contributed by atoms with Crippen molar-refractivity contribution in [3.8, 4) is 0 Å². The summed E-state index contributed by atoms with van der Waals surface area (Å²) >= 11 is 0. The monoisotopic (exact) mass is 277 g/mol. The van der Waals surface area contributed by atoms with Crippen molar-refractivity contribution in [3.63, 3.8) is 0 Å². The third-order valence-electron chi connectivity index (χ3n) is 3.83. The summed E-state index contributed by atoms with van der Waals surface area (Å²) in [6.07, 6.45) is 7.38. The Kier molecular flexibility index (Phi) is 9.35. The number of aryl methyl sites for hydroxylation is 3. The smallest absolute Gasteiger partial charge is 0.0587 e. The Morgan fingerprint density at radius 2 is 1.75 bits per heavy atom. The van der Waals surface area contributed by atoms with E-state index in [1.807, 2.05) is 0 Å². The van der Waals surface area contributed by atoms with E-state index in [0.717, 1.165) is 32.5 Å². The summed E-state index contributed by atoms with van der Waals surface area (Å²) in [5.41, 5.74) is 4.55. The van der Waals surface area contributed by atoms with Gasteiger partial charge in [-0.3, -0.25) is 0 Å². The quantitative estimate of drug-likeness (QED) is 0.622. The van der Waals surface area contributed by atoms with Gasteiger partial charge in [-0.1, -0.05) is 38.5 Å². The molecule has 20 heavy (non-hydrogen) atoms. The fraction of sp³-hybridized carbons (Fsp3) is 0.667. The van der Waals surface area contributed by atoms with Crippen molar-refractivity contribution >= 4 is 0 Å². The largest absolute Gasteiger partial charge is 0.383 e. The van der Waals surface area contributed by atoms with E-state index in [-0.39, 0.29) is 0 Å². The number of hydrogen-bond acceptors (Lipinski definition) is 2. The van der Waals surface area contributed by atoms with Crippen LogP contribution >= 0.6 is 0 Å². The standard InChI is InChI=1S/C18H31NO/c1-4-17-11-10-16(15-18(17)5-2)9-7-6-8-12-19-13-14-20-3/h10-11,15,19H,4-9,12-14H2,1-3H3. The van der Waals surface area contributed by atoms with E-state index in [9.17, 15) is 0 Å². The molecule has 0 bridgehead atoms. The van der Waals surface area contributed by atoms with Gasteiger partial charge in [0.05, 0.1) is 6.61 Å². The molecule has 0 aromatic heterocycles. The Morgan fingerprint density at radius 1 is 0.950 bits per heavy atom. The summed E-state index contributed by atoms with van der Waals surface area (Å²) in [7, 11) is 1.75. The van der Waals surface area contributed by atoms with Gasteiger partial charge in [0.15, 0.2) is 0 Å². The van der Waals surface area contributed by atoms with E-state index in [0.29, 0.717) is 0 Å². The van der Waals surface area contributed by atoms with Crippen molar-refractivity contribution in [3.05, 3.63) is 34.9 Å². The minimum absolute atomic E-state index is 0.809. The highest BCUT2D eigenvalue weighted by atomic mass is 16.5. The average molecular weight is 277 g/mol. The maximum absolute atomic E-state index is 5.01. The van der Waals surface area contributed by atoms with Gasteiger partial charge < -0.3 is 10.1 Å². The minimum Gasteiger partial charge on any atom is -0.383 e. The van der Waals surface area contributed by atoms with Crippen LogP contribution < -0.4 is 5.32 Å². The average Bonchev–Trinajstić information content (AvgIpc) is 2.49. The van der Waals surface area contributed by atoms with Crippen LogP contribution in [0, 0.1) is 0 Å². The lowest BCUT2D eigenvalue weighted by Gasteiger charge is -2.09. The summed E-state index contributed by atoms with van der Waals surface area (Å²) in [4.78, 5) is 0. The Morgan fingerprint density at radius 3 is 2.45 bits per heavy atom. The van der Waals surface area contributed by atoms with Gasteiger partial charge in [0.2, 0.25) is 0 Å². The van der Waals surface area contributed by atoms with Crippen molar-refractivity contribution in [1.29, 1.82) is 0 Å². The lowest BCUT2D eigenvalue weighted by molar-refractivity contribution is 0.199. The van der Waals surface area contributed by atoms with Crippen LogP contribution in [0.5, 0.6) is 0 Å². The van der Waals surface area contributed by atoms with Gasteiger partial charge in [0.1, 0.15) is 0 Å². The summed E-state index contributed by atoms with van der Waals surface area (Å²) in [5.74, 6) is 0. The summed E-state index contributed by atoms with van der Waals surface area (Å²) < 4.78 is 5.01. The van der Waals surface area contributed by atoms with Crippen LogP contribution in [0.1, 0.15) is 49.8 Å². The molecule has 0 saturated carbocycles. The predicted molar refractivity (Wildman–Crippen MR) is 87.5 cm³/mol. The topological polar surface area (TPSA) is 21.3 Å². The molecule has 0 radical (unpaired) electrons. The number of nitrogens with one attached hydrogen (secondary N) is 1. The molecule has 0 aliphatic heterocycles. The van der Waals surface area contributed by atoms with Gasteiger partial charge in [-0.2, -0.15) is 0 Å². The van der Waals surface area contributed by atoms with Crippen molar-refractivity contribution in [2.24, 2.45) is 0 Å². The molecule has 0 saturated heterocycles. The Hall–Kier alpha value is -0.860. The first-order valence-electron chi connectivity index (χ1n) is 8.12. The summed E-state index contributed by atoms with van der Waals surface area (Å²) in [6.45, 7) is 7.38. The van der Waals surface area contributed by atoms with Crippen molar-refractivity contribution < 1.29 is 4.74 Å². The van der Waals surface area contributed by atoms with Gasteiger partial charge in [-0.15, -0.1) is 0 Å². The van der Waals surface area contributed by atoms with Crippen LogP contribution in [0.3, 0.4) is 0 Å². The van der Waals surface area contributed by atoms with Crippen LogP contribution in [0.2, 0.25) is 0 Å². The van der Waals surface area contributed by atoms with E-state index in [4.69, 9.17) is 4.74 Å². The third kappa shape index (κ3) is 6.53. The normalized spacial score (nSPS) is 10.9. The SMILES string of the molecule is CCc1ccc(CCCCCNCCOC)cc1CC. The zero-order valence-electron chi connectivity index (χ0n) is 13.5. The van der Waals surface area contributed by atoms with E-state index in [1.165, 1.54) is 42.4 Å². The van der Waals surface area contributed by atoms with Crippen LogP contribution in [0.4, 0.5) is 0 Å². The van der Waals surface area contributed by atoms with Crippen LogP contribution in [0.15, 0.2) is 18.2 Å². The highest BCUT2D eigenvalue weighted by molar-refractivity contribution is 5.32. The molecule has 1 rings (SSSR count). The molecule has 0 aliphatic carbocycles. The number of rotatable bonds is 11. The lowest BCUT2D eigenvalue weighted by Crippen LogP contribution is -2.20. The summed E-state index contributed by atoms with van der Waals surface area (Å²) in [5, 5.41) is 3.39. The summed E-state index contributed by atoms with van der Waals surface area (Å²) in [6, 6.07) is 7.05. The van der Waals surface area contributed by atoms with Crippen molar-refractivity contribution in [2.45, 2.75) is 52.4 Å². The number of hydrogen-bond donors (Lipinski definition) is 1. The molecule has 0 spiro atoms. The van der Waals surface area contributed by atoms with Crippen molar-refractivity contribution in [2.75, 3.05) is 26.8 Å². The fourth-order valence-corrected chi connectivity index (χ4v) is 2.56. The van der Waals surface area contributed by atoms with Crippen molar-refractivity contribution in [1.82, 2.24) is 5.32 Å². The molecule has 1 N–H and O–H groups in total. The maximum atomic E-state index is 5.01. The molecule has 2 nitrogen and oxygen atoms in total. The molecule has 0 aliphatic rings. The van der Waals surface area contributed by atoms with Gasteiger partial charge >= 0.3 is 0 Å². The first kappa shape index (κ1) is 17.2. The van der Waals surface area contributed by atoms with Gasteiger partial charge in [0, 0.05) is 13.7 Å². The van der Waals surface area contributed by atoms with Crippen LogP contribution in [-0.2, 0) is 24.0 Å². The second kappa shape index (κ2) is 10.9. The predicted octanol–water partition coefficient (Wildman–Crippen LogP) is 3.76. The Labute approximate surface area is 124 Å². The fourth-order valence-electron chi connectivity index (χ4n) is 2.56. The van der Waals surface area contributed by atoms with E-state index < -0.39 is 0 Å². The number of ether oxygens (including phenoxy) is 1. The first-order chi connectivity index (χ1) is 9.81. The van der Waals surface area contributed by atoms with E-state index >= 15 is 0 Å². The molecule has 1 aromatic rings. The molecule has 0 amide bonds. The number of methoxy groups -OCH3 is 1. The van der Waals surface area contributed by atoms with Gasteiger partial charge in [-0.25, -0.2) is 0 Å². The molecule has 0 atom stereocenters. The molecule has 2 heteroatoms. The molecular weight excluding hydrogens is 246 g/mol. The highest BCUT2D eigenvalue weighted by Crippen LogP contribution is 2.15. The molecule has 0 unspecified atom stereocenters. The Balaban J connectivity index is 2.18. The zero-order valence-corrected chi connectivity index (χ0v) is 13.5. The number of benzene rings is 1. The lowest BCUT2D eigenvalue weighted by atomic mass is 9.97. The second-order valence-corrected chi connectivity index (χ2v) is 5.36. The second-order valence-electron chi connectivity index (χ2n) is 5.36. The first-order valence-corrected chi connectivity index (χ1v) is 8.12. The molecule has 1 aromatic carbocycles. The van der Waals surface area contributed by atoms with Gasteiger partial charge in [0.25, 0.3) is 0 Å². The highest BCUT2D eigenvalue weighted by Gasteiger charge is 2.01. The minimum atomic E-state index is 0.809.